The molecule has 0 aliphatic rings. The minimum atomic E-state index is -0.506. The van der Waals surface area contributed by atoms with Crippen LogP contribution >= 0.6 is 0 Å². The lowest BCUT2D eigenvalue weighted by Gasteiger charge is -2.20. The third kappa shape index (κ3) is 4.32. The predicted molar refractivity (Wildman–Crippen MR) is 84.0 cm³/mol. The average Bonchev–Trinajstić information content (AvgIpc) is 3.06. The molecule has 7 nitrogen and oxygen atoms in total. The van der Waals surface area contributed by atoms with Crippen molar-refractivity contribution in [2.45, 2.75) is 6.54 Å². The second-order valence-electron chi connectivity index (χ2n) is 5.09. The molecule has 122 valence electrons. The molecule has 0 aliphatic heterocycles. The molecule has 0 spiro atoms. The van der Waals surface area contributed by atoms with Crippen LogP contribution in [0.1, 0.15) is 16.2 Å². The van der Waals surface area contributed by atoms with Crippen LogP contribution in [0.15, 0.2) is 41.0 Å². The number of nitrogens with zero attached hydrogens (tertiary/aromatic N) is 3. The lowest BCUT2D eigenvalue weighted by atomic mass is 10.3. The van der Waals surface area contributed by atoms with E-state index in [1.54, 1.807) is 35.2 Å². The van der Waals surface area contributed by atoms with Crippen LogP contribution in [-0.2, 0) is 16.1 Å². The quantitative estimate of drug-likeness (QED) is 0.753. The molecule has 2 rings (SSSR count). The monoisotopic (exact) mass is 317 g/mol. The highest BCUT2D eigenvalue weighted by Gasteiger charge is 2.22. The summed E-state index contributed by atoms with van der Waals surface area (Å²) in [7, 11) is 4.96. The molecule has 0 saturated heterocycles. The molecular formula is C16H19N3O4. The molecule has 0 aliphatic carbocycles. The van der Waals surface area contributed by atoms with Gasteiger partial charge in [-0.3, -0.25) is 9.59 Å². The number of furan rings is 1. The maximum atomic E-state index is 12.7. The van der Waals surface area contributed by atoms with Crippen LogP contribution in [0.2, 0.25) is 0 Å². The van der Waals surface area contributed by atoms with E-state index in [4.69, 9.17) is 4.42 Å². The maximum Gasteiger partial charge on any atom is 0.325 e. The van der Waals surface area contributed by atoms with Crippen molar-refractivity contribution in [2.24, 2.45) is 0 Å². The van der Waals surface area contributed by atoms with Crippen molar-refractivity contribution in [2.75, 3.05) is 32.6 Å². The van der Waals surface area contributed by atoms with E-state index in [0.29, 0.717) is 11.6 Å². The summed E-state index contributed by atoms with van der Waals surface area (Å²) in [4.78, 5) is 31.7. The van der Waals surface area contributed by atoms with Gasteiger partial charge in [-0.15, -0.1) is 0 Å². The molecular weight excluding hydrogens is 298 g/mol. The highest BCUT2D eigenvalue weighted by molar-refractivity contribution is 5.94. The number of carbonyl (C=O) groups excluding carboxylic acids is 2. The number of ether oxygens (including phenoxy) is 1. The molecule has 7 heteroatoms. The Kier molecular flexibility index (Phi) is 5.35. The van der Waals surface area contributed by atoms with E-state index in [2.05, 4.69) is 9.72 Å². The third-order valence-corrected chi connectivity index (χ3v) is 3.17. The number of hydrogen-bond donors (Lipinski definition) is 0. The second-order valence-corrected chi connectivity index (χ2v) is 5.09. The molecule has 23 heavy (non-hydrogen) atoms. The van der Waals surface area contributed by atoms with Gasteiger partial charge in [0.1, 0.15) is 23.8 Å². The fourth-order valence-electron chi connectivity index (χ4n) is 1.96. The summed E-state index contributed by atoms with van der Waals surface area (Å²) in [6.45, 7) is -0.0152. The van der Waals surface area contributed by atoms with E-state index in [1.807, 2.05) is 14.1 Å². The first kappa shape index (κ1) is 16.5. The smallest absolute Gasteiger partial charge is 0.325 e. The van der Waals surface area contributed by atoms with Crippen molar-refractivity contribution in [3.05, 3.63) is 48.0 Å². The SMILES string of the molecule is COC(=O)CN(Cc1ccco1)C(=O)c1cccc(N(C)C)n1. The number of pyridine rings is 1. The molecule has 2 aromatic rings. The van der Waals surface area contributed by atoms with Crippen LogP contribution in [0, 0.1) is 0 Å². The fourth-order valence-corrected chi connectivity index (χ4v) is 1.96. The van der Waals surface area contributed by atoms with Gasteiger partial charge >= 0.3 is 5.97 Å². The van der Waals surface area contributed by atoms with E-state index < -0.39 is 5.97 Å². The van der Waals surface area contributed by atoms with E-state index in [9.17, 15) is 9.59 Å². The minimum absolute atomic E-state index is 0.162. The predicted octanol–water partition coefficient (Wildman–Crippen LogP) is 1.56. The number of carbonyl (C=O) groups is 2. The van der Waals surface area contributed by atoms with Gasteiger partial charge in [0.25, 0.3) is 5.91 Å². The molecule has 2 aromatic heterocycles. The second kappa shape index (κ2) is 7.44. The van der Waals surface area contributed by atoms with Gasteiger partial charge in [0.2, 0.25) is 0 Å². The van der Waals surface area contributed by atoms with Crippen molar-refractivity contribution in [1.82, 2.24) is 9.88 Å². The van der Waals surface area contributed by atoms with Crippen LogP contribution in [0.25, 0.3) is 0 Å². The lowest BCUT2D eigenvalue weighted by Crippen LogP contribution is -2.36. The van der Waals surface area contributed by atoms with Crippen LogP contribution < -0.4 is 4.90 Å². The summed E-state index contributed by atoms with van der Waals surface area (Å²) >= 11 is 0. The lowest BCUT2D eigenvalue weighted by molar-refractivity contribution is -0.141. The van der Waals surface area contributed by atoms with Gasteiger partial charge < -0.3 is 19.0 Å². The first-order valence-electron chi connectivity index (χ1n) is 7.04. The van der Waals surface area contributed by atoms with E-state index in [0.717, 1.165) is 0 Å². The summed E-state index contributed by atoms with van der Waals surface area (Å²) in [5, 5.41) is 0. The highest BCUT2D eigenvalue weighted by Crippen LogP contribution is 2.13. The number of amides is 1. The largest absolute Gasteiger partial charge is 0.468 e. The Morgan fingerprint density at radius 3 is 2.61 bits per heavy atom. The zero-order chi connectivity index (χ0) is 16.8. The van der Waals surface area contributed by atoms with Gasteiger partial charge in [-0.25, -0.2) is 4.98 Å². The number of rotatable bonds is 6. The molecule has 0 radical (unpaired) electrons. The molecule has 0 saturated carbocycles. The Labute approximate surface area is 134 Å². The Morgan fingerprint density at radius 1 is 1.22 bits per heavy atom. The van der Waals surface area contributed by atoms with Crippen molar-refractivity contribution in [3.63, 3.8) is 0 Å². The van der Waals surface area contributed by atoms with E-state index in [1.165, 1.54) is 18.3 Å². The Bertz CT molecular complexity index is 668. The standard InChI is InChI=1S/C16H19N3O4/c1-18(2)14-8-4-7-13(17-14)16(21)19(11-15(20)22-3)10-12-6-5-9-23-12/h4-9H,10-11H2,1-3H3. The van der Waals surface area contributed by atoms with Gasteiger partial charge in [0.05, 0.1) is 19.9 Å². The number of hydrogen-bond acceptors (Lipinski definition) is 6. The molecule has 0 bridgehead atoms. The first-order valence-corrected chi connectivity index (χ1v) is 7.04. The molecule has 0 unspecified atom stereocenters. The maximum absolute atomic E-state index is 12.7. The van der Waals surface area contributed by atoms with Crippen LogP contribution in [-0.4, -0.2) is 49.5 Å². The summed E-state index contributed by atoms with van der Waals surface area (Å²) in [5.41, 5.74) is 0.256. The highest BCUT2D eigenvalue weighted by atomic mass is 16.5. The molecule has 2 heterocycles. The van der Waals surface area contributed by atoms with Gasteiger partial charge in [0.15, 0.2) is 0 Å². The van der Waals surface area contributed by atoms with Crippen LogP contribution in [0.5, 0.6) is 0 Å². The topological polar surface area (TPSA) is 75.9 Å². The number of methoxy groups -OCH3 is 1. The molecule has 0 atom stereocenters. The van der Waals surface area contributed by atoms with Gasteiger partial charge in [-0.2, -0.15) is 0 Å². The van der Waals surface area contributed by atoms with Crippen molar-refractivity contribution < 1.29 is 18.7 Å². The molecule has 1 amide bonds. The summed E-state index contributed by atoms with van der Waals surface area (Å²) in [6.07, 6.45) is 1.51. The fraction of sp³-hybridized carbons (Fsp3) is 0.312. The normalized spacial score (nSPS) is 10.2. The summed E-state index contributed by atoms with van der Waals surface area (Å²) < 4.78 is 9.91. The van der Waals surface area contributed by atoms with Gasteiger partial charge in [0, 0.05) is 14.1 Å². The van der Waals surface area contributed by atoms with E-state index in [-0.39, 0.29) is 24.7 Å². The van der Waals surface area contributed by atoms with Gasteiger partial charge in [-0.1, -0.05) is 6.07 Å². The van der Waals surface area contributed by atoms with E-state index >= 15 is 0 Å². The Balaban J connectivity index is 2.24. The zero-order valence-corrected chi connectivity index (χ0v) is 13.4. The summed E-state index contributed by atoms with van der Waals surface area (Å²) in [6, 6.07) is 8.62. The number of anilines is 1. The van der Waals surface area contributed by atoms with Crippen molar-refractivity contribution in [3.8, 4) is 0 Å². The van der Waals surface area contributed by atoms with Gasteiger partial charge in [-0.05, 0) is 24.3 Å². The van der Waals surface area contributed by atoms with Crippen LogP contribution in [0.4, 0.5) is 5.82 Å². The molecule has 0 fully saturated rings. The Morgan fingerprint density at radius 2 is 2.00 bits per heavy atom. The first-order chi connectivity index (χ1) is 11.0. The van der Waals surface area contributed by atoms with Crippen LogP contribution in [0.3, 0.4) is 0 Å². The van der Waals surface area contributed by atoms with Crippen molar-refractivity contribution in [1.29, 1.82) is 0 Å². The molecule has 0 aromatic carbocycles. The molecule has 0 N–H and O–H groups in total. The van der Waals surface area contributed by atoms with Crippen molar-refractivity contribution >= 4 is 17.7 Å². The Hall–Kier alpha value is -2.83. The third-order valence-electron chi connectivity index (χ3n) is 3.17. The zero-order valence-electron chi connectivity index (χ0n) is 13.4. The summed E-state index contributed by atoms with van der Waals surface area (Å²) in [5.74, 6) is 0.363. The average molecular weight is 317 g/mol. The minimum Gasteiger partial charge on any atom is -0.468 e. The number of esters is 1. The number of aromatic nitrogens is 1.